The summed E-state index contributed by atoms with van der Waals surface area (Å²) in [6, 6.07) is 7.60. The fourth-order valence-corrected chi connectivity index (χ4v) is 2.81. The minimum Gasteiger partial charge on any atom is -0.352 e. The van der Waals surface area contributed by atoms with Gasteiger partial charge in [0, 0.05) is 30.1 Å². The first-order valence-electron chi connectivity index (χ1n) is 7.85. The molecule has 0 saturated heterocycles. The minimum atomic E-state index is -0.750. The molecule has 1 aromatic rings. The standard InChI is InChI=1S/C17H24F2N2O/c1-2-6-20-16(22)14-5-3-4-13(7-14)10-21-15-8-17(9-15,11-18)12-19/h3-5,7,15,21H,2,6,8-12H2,1H3,(H,20,22). The number of amides is 1. The maximum Gasteiger partial charge on any atom is 0.251 e. The van der Waals surface area contributed by atoms with Crippen LogP contribution in [0.1, 0.15) is 42.1 Å². The van der Waals surface area contributed by atoms with E-state index in [9.17, 15) is 13.6 Å². The van der Waals surface area contributed by atoms with Crippen molar-refractivity contribution >= 4 is 5.91 Å². The highest BCUT2D eigenvalue weighted by atomic mass is 19.1. The van der Waals surface area contributed by atoms with E-state index in [4.69, 9.17) is 0 Å². The minimum absolute atomic E-state index is 0.0683. The molecule has 0 aliphatic heterocycles. The molecule has 122 valence electrons. The Balaban J connectivity index is 1.83. The molecule has 0 radical (unpaired) electrons. The van der Waals surface area contributed by atoms with E-state index in [1.807, 2.05) is 25.1 Å². The molecule has 1 aliphatic rings. The second-order valence-electron chi connectivity index (χ2n) is 6.21. The average Bonchev–Trinajstić information content (AvgIpc) is 2.52. The van der Waals surface area contributed by atoms with Crippen molar-refractivity contribution in [1.29, 1.82) is 0 Å². The van der Waals surface area contributed by atoms with Crippen molar-refractivity contribution < 1.29 is 13.6 Å². The number of alkyl halides is 2. The second-order valence-corrected chi connectivity index (χ2v) is 6.21. The summed E-state index contributed by atoms with van der Waals surface area (Å²) in [7, 11) is 0. The van der Waals surface area contributed by atoms with E-state index in [2.05, 4.69) is 10.6 Å². The largest absolute Gasteiger partial charge is 0.352 e. The molecule has 1 aromatic carbocycles. The lowest BCUT2D eigenvalue weighted by molar-refractivity contribution is 0.0243. The topological polar surface area (TPSA) is 41.1 Å². The SMILES string of the molecule is CCCNC(=O)c1cccc(CNC2CC(CF)(CF)C2)c1. The van der Waals surface area contributed by atoms with Gasteiger partial charge < -0.3 is 10.6 Å². The van der Waals surface area contributed by atoms with Gasteiger partial charge in [-0.1, -0.05) is 19.1 Å². The monoisotopic (exact) mass is 310 g/mol. The average molecular weight is 310 g/mol. The summed E-state index contributed by atoms with van der Waals surface area (Å²) in [6.45, 7) is 2.10. The molecule has 0 spiro atoms. The highest BCUT2D eigenvalue weighted by Gasteiger charge is 2.44. The molecule has 0 atom stereocenters. The molecule has 0 bridgehead atoms. The van der Waals surface area contributed by atoms with Gasteiger partial charge in [0.05, 0.1) is 13.3 Å². The maximum absolute atomic E-state index is 12.8. The van der Waals surface area contributed by atoms with Gasteiger partial charge >= 0.3 is 0 Å². The van der Waals surface area contributed by atoms with Crippen molar-refractivity contribution in [2.24, 2.45) is 5.41 Å². The van der Waals surface area contributed by atoms with Gasteiger partial charge in [-0.25, -0.2) is 0 Å². The molecule has 5 heteroatoms. The summed E-state index contributed by atoms with van der Waals surface area (Å²) in [5.41, 5.74) is 0.893. The van der Waals surface area contributed by atoms with E-state index in [-0.39, 0.29) is 11.9 Å². The fraction of sp³-hybridized carbons (Fsp3) is 0.588. The summed E-state index contributed by atoms with van der Waals surface area (Å²) in [6.07, 6.45) is 1.98. The molecule has 0 heterocycles. The third-order valence-corrected chi connectivity index (χ3v) is 4.25. The summed E-state index contributed by atoms with van der Waals surface area (Å²) < 4.78 is 25.5. The highest BCUT2D eigenvalue weighted by molar-refractivity contribution is 5.94. The Morgan fingerprint density at radius 1 is 1.32 bits per heavy atom. The zero-order valence-electron chi connectivity index (χ0n) is 13.0. The molecular weight excluding hydrogens is 286 g/mol. The van der Waals surface area contributed by atoms with E-state index in [1.54, 1.807) is 6.07 Å². The Hall–Kier alpha value is -1.49. The number of hydrogen-bond donors (Lipinski definition) is 2. The van der Waals surface area contributed by atoms with Crippen LogP contribution in [0.3, 0.4) is 0 Å². The van der Waals surface area contributed by atoms with Gasteiger partial charge in [0.1, 0.15) is 0 Å². The summed E-state index contributed by atoms with van der Waals surface area (Å²) in [5, 5.41) is 6.15. The van der Waals surface area contributed by atoms with Gasteiger partial charge in [-0.05, 0) is 37.0 Å². The Morgan fingerprint density at radius 3 is 2.68 bits per heavy atom. The van der Waals surface area contributed by atoms with E-state index in [0.29, 0.717) is 31.5 Å². The Kier molecular flexibility index (Phi) is 5.89. The predicted octanol–water partition coefficient (Wildman–Crippen LogP) is 3.00. The van der Waals surface area contributed by atoms with Crippen LogP contribution in [0.2, 0.25) is 0 Å². The Morgan fingerprint density at radius 2 is 2.05 bits per heavy atom. The van der Waals surface area contributed by atoms with Crippen molar-refractivity contribution in [3.8, 4) is 0 Å². The molecule has 0 unspecified atom stereocenters. The predicted molar refractivity (Wildman–Crippen MR) is 83.3 cm³/mol. The first kappa shape index (κ1) is 16.9. The lowest BCUT2D eigenvalue weighted by atomic mass is 9.67. The third-order valence-electron chi connectivity index (χ3n) is 4.25. The van der Waals surface area contributed by atoms with Crippen LogP contribution in [-0.2, 0) is 6.54 Å². The maximum atomic E-state index is 12.8. The molecule has 1 fully saturated rings. The van der Waals surface area contributed by atoms with Crippen LogP contribution in [0.25, 0.3) is 0 Å². The highest BCUT2D eigenvalue weighted by Crippen LogP contribution is 2.42. The number of hydrogen-bond acceptors (Lipinski definition) is 2. The van der Waals surface area contributed by atoms with Crippen LogP contribution in [0.15, 0.2) is 24.3 Å². The molecule has 1 saturated carbocycles. The molecular formula is C17H24F2N2O. The van der Waals surface area contributed by atoms with Gasteiger partial charge in [-0.15, -0.1) is 0 Å². The van der Waals surface area contributed by atoms with Crippen LogP contribution in [0.5, 0.6) is 0 Å². The van der Waals surface area contributed by atoms with Crippen molar-refractivity contribution in [3.63, 3.8) is 0 Å². The van der Waals surface area contributed by atoms with Crippen LogP contribution >= 0.6 is 0 Å². The molecule has 0 aromatic heterocycles. The number of rotatable bonds is 8. The first-order valence-corrected chi connectivity index (χ1v) is 7.85. The van der Waals surface area contributed by atoms with Crippen molar-refractivity contribution in [1.82, 2.24) is 10.6 Å². The molecule has 1 aliphatic carbocycles. The van der Waals surface area contributed by atoms with Crippen molar-refractivity contribution in [3.05, 3.63) is 35.4 Å². The van der Waals surface area contributed by atoms with Crippen LogP contribution in [-0.4, -0.2) is 31.8 Å². The second kappa shape index (κ2) is 7.68. The normalized spacial score (nSPS) is 17.0. The smallest absolute Gasteiger partial charge is 0.251 e. The zero-order chi connectivity index (χ0) is 16.0. The lowest BCUT2D eigenvalue weighted by Gasteiger charge is -2.44. The Bertz CT molecular complexity index is 495. The van der Waals surface area contributed by atoms with Gasteiger partial charge in [0.15, 0.2) is 0 Å². The number of carbonyl (C=O) groups excluding carboxylic acids is 1. The Labute approximate surface area is 130 Å². The number of halogens is 2. The molecule has 1 amide bonds. The first-order chi connectivity index (χ1) is 10.6. The summed E-state index contributed by atoms with van der Waals surface area (Å²) in [5.74, 6) is -0.0683. The van der Waals surface area contributed by atoms with Gasteiger partial charge in [-0.3, -0.25) is 13.6 Å². The molecule has 2 rings (SSSR count). The van der Waals surface area contributed by atoms with Crippen molar-refractivity contribution in [2.45, 2.75) is 38.8 Å². The number of benzene rings is 1. The van der Waals surface area contributed by atoms with Crippen molar-refractivity contribution in [2.75, 3.05) is 19.9 Å². The summed E-state index contributed by atoms with van der Waals surface area (Å²) >= 11 is 0. The molecule has 22 heavy (non-hydrogen) atoms. The van der Waals surface area contributed by atoms with Gasteiger partial charge in [-0.2, -0.15) is 0 Å². The van der Waals surface area contributed by atoms with Crippen LogP contribution < -0.4 is 10.6 Å². The van der Waals surface area contributed by atoms with E-state index < -0.39 is 18.8 Å². The zero-order valence-corrected chi connectivity index (χ0v) is 13.0. The van der Waals surface area contributed by atoms with Crippen LogP contribution in [0.4, 0.5) is 8.78 Å². The molecule has 3 nitrogen and oxygen atoms in total. The molecule has 2 N–H and O–H groups in total. The van der Waals surface area contributed by atoms with E-state index in [0.717, 1.165) is 12.0 Å². The summed E-state index contributed by atoms with van der Waals surface area (Å²) in [4.78, 5) is 11.9. The van der Waals surface area contributed by atoms with E-state index in [1.165, 1.54) is 0 Å². The quantitative estimate of drug-likeness (QED) is 0.775. The fourth-order valence-electron chi connectivity index (χ4n) is 2.81. The third kappa shape index (κ3) is 4.03. The van der Waals surface area contributed by atoms with Gasteiger partial charge in [0.25, 0.3) is 5.91 Å². The van der Waals surface area contributed by atoms with Crippen LogP contribution in [0, 0.1) is 5.41 Å². The van der Waals surface area contributed by atoms with Gasteiger partial charge in [0.2, 0.25) is 0 Å². The number of nitrogens with one attached hydrogen (secondary N) is 2. The lowest BCUT2D eigenvalue weighted by Crippen LogP contribution is -2.51. The number of carbonyl (C=O) groups is 1. The van der Waals surface area contributed by atoms with E-state index >= 15 is 0 Å².